The Labute approximate surface area is 123 Å². The average molecular weight is 298 g/mol. The van der Waals surface area contributed by atoms with Crippen LogP contribution < -0.4 is 11.1 Å². The second kappa shape index (κ2) is 8.25. The maximum absolute atomic E-state index is 11.7. The molecule has 0 radical (unpaired) electrons. The first-order chi connectivity index (χ1) is 10.0. The molecular formula is C13H22N4O4. The Morgan fingerprint density at radius 2 is 2.10 bits per heavy atom. The highest BCUT2D eigenvalue weighted by Gasteiger charge is 2.20. The number of methoxy groups -OCH3 is 2. The van der Waals surface area contributed by atoms with Crippen LogP contribution in [0.2, 0.25) is 0 Å². The molecule has 0 bridgehead atoms. The SMILES string of the molecule is CCc1nc(C(=O)OC)c(N)n1CCC(=O)NCCOC. The fourth-order valence-electron chi connectivity index (χ4n) is 1.87. The van der Waals surface area contributed by atoms with Crippen molar-refractivity contribution in [2.45, 2.75) is 26.3 Å². The van der Waals surface area contributed by atoms with Gasteiger partial charge in [0.05, 0.1) is 13.7 Å². The van der Waals surface area contributed by atoms with E-state index in [1.807, 2.05) is 6.92 Å². The number of nitrogens with two attached hydrogens (primary N) is 1. The maximum Gasteiger partial charge on any atom is 0.360 e. The van der Waals surface area contributed by atoms with Crippen molar-refractivity contribution >= 4 is 17.7 Å². The molecule has 118 valence electrons. The van der Waals surface area contributed by atoms with Crippen LogP contribution in [0.3, 0.4) is 0 Å². The van der Waals surface area contributed by atoms with Gasteiger partial charge in [-0.05, 0) is 0 Å². The van der Waals surface area contributed by atoms with Crippen LogP contribution in [0.15, 0.2) is 0 Å². The zero-order chi connectivity index (χ0) is 15.8. The number of carbonyl (C=O) groups excluding carboxylic acids is 2. The van der Waals surface area contributed by atoms with Crippen LogP contribution in [-0.2, 0) is 27.2 Å². The smallest absolute Gasteiger partial charge is 0.360 e. The third kappa shape index (κ3) is 4.45. The number of nitrogens with one attached hydrogen (secondary N) is 1. The Morgan fingerprint density at radius 3 is 2.67 bits per heavy atom. The molecule has 0 aliphatic carbocycles. The fraction of sp³-hybridized carbons (Fsp3) is 0.615. The molecule has 0 aromatic carbocycles. The van der Waals surface area contributed by atoms with Crippen molar-refractivity contribution in [3.8, 4) is 0 Å². The van der Waals surface area contributed by atoms with Gasteiger partial charge in [0.25, 0.3) is 0 Å². The number of nitrogens with zero attached hydrogens (tertiary/aromatic N) is 2. The number of anilines is 1. The van der Waals surface area contributed by atoms with Crippen molar-refractivity contribution in [1.82, 2.24) is 14.9 Å². The number of imidazole rings is 1. The molecule has 1 aromatic heterocycles. The average Bonchev–Trinajstić information content (AvgIpc) is 2.81. The van der Waals surface area contributed by atoms with E-state index < -0.39 is 5.97 Å². The standard InChI is InChI=1S/C13H22N4O4/c1-4-9-16-11(13(19)21-3)12(14)17(9)7-5-10(18)15-6-8-20-2/h4-8,14H2,1-3H3,(H,15,18). The van der Waals surface area contributed by atoms with Gasteiger partial charge < -0.3 is 25.1 Å². The summed E-state index contributed by atoms with van der Waals surface area (Å²) >= 11 is 0. The summed E-state index contributed by atoms with van der Waals surface area (Å²) < 4.78 is 11.2. The van der Waals surface area contributed by atoms with E-state index in [9.17, 15) is 9.59 Å². The summed E-state index contributed by atoms with van der Waals surface area (Å²) in [7, 11) is 2.84. The molecule has 1 amide bonds. The number of rotatable bonds is 8. The number of amides is 1. The van der Waals surface area contributed by atoms with E-state index in [0.717, 1.165) is 0 Å². The number of esters is 1. The topological polar surface area (TPSA) is 108 Å². The van der Waals surface area contributed by atoms with Gasteiger partial charge in [-0.25, -0.2) is 9.78 Å². The predicted molar refractivity (Wildman–Crippen MR) is 76.9 cm³/mol. The minimum atomic E-state index is -0.578. The molecule has 0 saturated heterocycles. The second-order valence-electron chi connectivity index (χ2n) is 4.35. The second-order valence-corrected chi connectivity index (χ2v) is 4.35. The zero-order valence-electron chi connectivity index (χ0n) is 12.6. The molecule has 0 aliphatic heterocycles. The lowest BCUT2D eigenvalue weighted by Crippen LogP contribution is -2.28. The van der Waals surface area contributed by atoms with Crippen LogP contribution >= 0.6 is 0 Å². The van der Waals surface area contributed by atoms with Gasteiger partial charge in [-0.1, -0.05) is 6.92 Å². The first kappa shape index (κ1) is 17.0. The summed E-state index contributed by atoms with van der Waals surface area (Å²) in [4.78, 5) is 27.4. The lowest BCUT2D eigenvalue weighted by atomic mass is 10.3. The van der Waals surface area contributed by atoms with E-state index >= 15 is 0 Å². The lowest BCUT2D eigenvalue weighted by molar-refractivity contribution is -0.121. The third-order valence-corrected chi connectivity index (χ3v) is 2.97. The lowest BCUT2D eigenvalue weighted by Gasteiger charge is -2.09. The van der Waals surface area contributed by atoms with Crippen molar-refractivity contribution in [2.75, 3.05) is 33.1 Å². The van der Waals surface area contributed by atoms with E-state index in [0.29, 0.717) is 31.9 Å². The number of carbonyl (C=O) groups is 2. The Hall–Kier alpha value is -2.09. The number of hydrogen-bond donors (Lipinski definition) is 2. The first-order valence-corrected chi connectivity index (χ1v) is 6.73. The first-order valence-electron chi connectivity index (χ1n) is 6.73. The van der Waals surface area contributed by atoms with Crippen molar-refractivity contribution in [2.24, 2.45) is 0 Å². The van der Waals surface area contributed by atoms with Crippen molar-refractivity contribution < 1.29 is 19.1 Å². The highest BCUT2D eigenvalue weighted by atomic mass is 16.5. The van der Waals surface area contributed by atoms with Gasteiger partial charge in [-0.3, -0.25) is 4.79 Å². The number of hydrogen-bond acceptors (Lipinski definition) is 6. The van der Waals surface area contributed by atoms with Gasteiger partial charge in [0, 0.05) is 33.0 Å². The van der Waals surface area contributed by atoms with Gasteiger partial charge in [-0.2, -0.15) is 0 Å². The van der Waals surface area contributed by atoms with Crippen molar-refractivity contribution in [3.63, 3.8) is 0 Å². The Balaban J connectivity index is 2.72. The molecule has 0 atom stereocenters. The van der Waals surface area contributed by atoms with Crippen LogP contribution in [0.4, 0.5) is 5.82 Å². The number of aryl methyl sites for hydroxylation is 1. The largest absolute Gasteiger partial charge is 0.464 e. The molecule has 1 aromatic rings. The minimum absolute atomic E-state index is 0.0918. The van der Waals surface area contributed by atoms with Crippen molar-refractivity contribution in [3.05, 3.63) is 11.5 Å². The van der Waals surface area contributed by atoms with E-state index in [-0.39, 0.29) is 23.8 Å². The van der Waals surface area contributed by atoms with Crippen LogP contribution in [0.5, 0.6) is 0 Å². The van der Waals surface area contributed by atoms with E-state index in [1.165, 1.54) is 7.11 Å². The predicted octanol–water partition coefficient (Wildman–Crippen LogP) is -0.0330. The van der Waals surface area contributed by atoms with Gasteiger partial charge in [0.15, 0.2) is 5.69 Å². The summed E-state index contributed by atoms with van der Waals surface area (Å²) in [5.74, 6) is 0.188. The normalized spacial score (nSPS) is 10.4. The molecule has 0 saturated carbocycles. The fourth-order valence-corrected chi connectivity index (χ4v) is 1.87. The van der Waals surface area contributed by atoms with Crippen LogP contribution in [0.1, 0.15) is 29.7 Å². The maximum atomic E-state index is 11.7. The van der Waals surface area contributed by atoms with Gasteiger partial charge in [-0.15, -0.1) is 0 Å². The Morgan fingerprint density at radius 1 is 1.38 bits per heavy atom. The summed E-state index contributed by atoms with van der Waals surface area (Å²) in [5.41, 5.74) is 6.00. The number of aromatic nitrogens is 2. The summed E-state index contributed by atoms with van der Waals surface area (Å²) in [6.45, 7) is 3.18. The van der Waals surface area contributed by atoms with Crippen molar-refractivity contribution in [1.29, 1.82) is 0 Å². The number of ether oxygens (including phenoxy) is 2. The molecule has 1 heterocycles. The van der Waals surface area contributed by atoms with Crippen LogP contribution in [-0.4, -0.2) is 48.8 Å². The zero-order valence-corrected chi connectivity index (χ0v) is 12.6. The number of nitrogen functional groups attached to an aromatic ring is 1. The molecular weight excluding hydrogens is 276 g/mol. The molecule has 21 heavy (non-hydrogen) atoms. The van der Waals surface area contributed by atoms with Crippen LogP contribution in [0, 0.1) is 0 Å². The van der Waals surface area contributed by atoms with E-state index in [4.69, 9.17) is 10.5 Å². The summed E-state index contributed by atoms with van der Waals surface area (Å²) in [6, 6.07) is 0. The molecule has 8 nitrogen and oxygen atoms in total. The van der Waals surface area contributed by atoms with Crippen LogP contribution in [0.25, 0.3) is 0 Å². The Bertz CT molecular complexity index is 499. The highest BCUT2D eigenvalue weighted by Crippen LogP contribution is 2.16. The monoisotopic (exact) mass is 298 g/mol. The molecule has 1 rings (SSSR count). The van der Waals surface area contributed by atoms with E-state index in [1.54, 1.807) is 11.7 Å². The van der Waals surface area contributed by atoms with E-state index in [2.05, 4.69) is 15.0 Å². The third-order valence-electron chi connectivity index (χ3n) is 2.97. The molecule has 0 fully saturated rings. The molecule has 0 unspecified atom stereocenters. The summed E-state index contributed by atoms with van der Waals surface area (Å²) in [5, 5.41) is 2.72. The molecule has 0 spiro atoms. The summed E-state index contributed by atoms with van der Waals surface area (Å²) in [6.07, 6.45) is 0.852. The quantitative estimate of drug-likeness (QED) is 0.515. The molecule has 0 aliphatic rings. The van der Waals surface area contributed by atoms with Gasteiger partial charge in [0.2, 0.25) is 5.91 Å². The molecule has 3 N–H and O–H groups in total. The Kier molecular flexibility index (Phi) is 6.67. The van der Waals surface area contributed by atoms with Gasteiger partial charge in [0.1, 0.15) is 11.6 Å². The highest BCUT2D eigenvalue weighted by molar-refractivity contribution is 5.92. The molecule has 8 heteroatoms. The van der Waals surface area contributed by atoms with Gasteiger partial charge >= 0.3 is 5.97 Å². The minimum Gasteiger partial charge on any atom is -0.464 e.